The summed E-state index contributed by atoms with van der Waals surface area (Å²) in [6, 6.07) is 15.3. The Kier molecular flexibility index (Phi) is 5.66. The summed E-state index contributed by atoms with van der Waals surface area (Å²) < 4.78 is 5.15. The van der Waals surface area contributed by atoms with E-state index in [4.69, 9.17) is 4.74 Å². The van der Waals surface area contributed by atoms with Crippen LogP contribution in [0.5, 0.6) is 5.75 Å². The smallest absolute Gasteiger partial charge is 0.275 e. The van der Waals surface area contributed by atoms with Gasteiger partial charge >= 0.3 is 0 Å². The van der Waals surface area contributed by atoms with E-state index in [0.717, 1.165) is 5.69 Å². The third kappa shape index (κ3) is 4.82. The van der Waals surface area contributed by atoms with Crippen LogP contribution in [0.1, 0.15) is 35.8 Å². The number of ether oxygens (including phenoxy) is 1. The Morgan fingerprint density at radius 3 is 2.41 bits per heavy atom. The van der Waals surface area contributed by atoms with Crippen LogP contribution in [0.3, 0.4) is 0 Å². The molecule has 138 valence electrons. The molecule has 0 spiro atoms. The van der Waals surface area contributed by atoms with Gasteiger partial charge < -0.3 is 15.4 Å². The van der Waals surface area contributed by atoms with Gasteiger partial charge in [-0.3, -0.25) is 4.79 Å². The molecular weight excluding hydrogens is 340 g/mol. The standard InChI is InChI=1S/C21H22N4O2/c1-14(2)15-7-9-16(10-8-15)24-20-13-22-19(12-23-20)21(26)25-17-5-4-6-18(11-17)27-3/h4-14H,1-3H3,(H,23,24)(H,25,26). The molecule has 3 rings (SSSR count). The van der Waals surface area contributed by atoms with E-state index in [9.17, 15) is 4.79 Å². The predicted molar refractivity (Wildman–Crippen MR) is 107 cm³/mol. The van der Waals surface area contributed by atoms with Crippen LogP contribution in [0.4, 0.5) is 17.2 Å². The van der Waals surface area contributed by atoms with Crippen molar-refractivity contribution in [3.05, 3.63) is 72.2 Å². The quantitative estimate of drug-likeness (QED) is 0.670. The fraction of sp³-hybridized carbons (Fsp3) is 0.190. The summed E-state index contributed by atoms with van der Waals surface area (Å²) in [5.41, 5.74) is 3.06. The lowest BCUT2D eigenvalue weighted by atomic mass is 10.0. The number of anilines is 3. The lowest BCUT2D eigenvalue weighted by molar-refractivity contribution is 0.102. The van der Waals surface area contributed by atoms with Crippen molar-refractivity contribution in [1.82, 2.24) is 9.97 Å². The molecule has 2 N–H and O–H groups in total. The minimum Gasteiger partial charge on any atom is -0.497 e. The highest BCUT2D eigenvalue weighted by Crippen LogP contribution is 2.20. The molecule has 2 aromatic carbocycles. The van der Waals surface area contributed by atoms with Crippen LogP contribution in [0.15, 0.2) is 60.9 Å². The zero-order valence-corrected chi connectivity index (χ0v) is 15.6. The average molecular weight is 362 g/mol. The fourth-order valence-electron chi connectivity index (χ4n) is 2.51. The van der Waals surface area contributed by atoms with Gasteiger partial charge in [-0.25, -0.2) is 9.97 Å². The highest BCUT2D eigenvalue weighted by Gasteiger charge is 2.09. The molecule has 6 nitrogen and oxygen atoms in total. The maximum atomic E-state index is 12.3. The number of hydrogen-bond donors (Lipinski definition) is 2. The number of nitrogens with one attached hydrogen (secondary N) is 2. The largest absolute Gasteiger partial charge is 0.497 e. The SMILES string of the molecule is COc1cccc(NC(=O)c2cnc(Nc3ccc(C(C)C)cc3)cn2)c1. The molecular formula is C21H22N4O2. The summed E-state index contributed by atoms with van der Waals surface area (Å²) in [5.74, 6) is 1.40. The maximum absolute atomic E-state index is 12.3. The van der Waals surface area contributed by atoms with E-state index in [-0.39, 0.29) is 11.6 Å². The van der Waals surface area contributed by atoms with E-state index in [0.29, 0.717) is 23.2 Å². The first-order valence-corrected chi connectivity index (χ1v) is 8.69. The monoisotopic (exact) mass is 362 g/mol. The number of nitrogens with zero attached hydrogens (tertiary/aromatic N) is 2. The molecule has 0 aliphatic heterocycles. The molecule has 0 aliphatic rings. The minimum atomic E-state index is -0.330. The van der Waals surface area contributed by atoms with Crippen LogP contribution >= 0.6 is 0 Å². The van der Waals surface area contributed by atoms with Crippen molar-refractivity contribution in [1.29, 1.82) is 0 Å². The molecule has 0 bridgehead atoms. The summed E-state index contributed by atoms with van der Waals surface area (Å²) in [6.45, 7) is 4.31. The molecule has 6 heteroatoms. The van der Waals surface area contributed by atoms with Gasteiger partial charge in [-0.15, -0.1) is 0 Å². The van der Waals surface area contributed by atoms with Gasteiger partial charge in [-0.2, -0.15) is 0 Å². The van der Waals surface area contributed by atoms with Crippen molar-refractivity contribution in [3.8, 4) is 5.75 Å². The number of carbonyl (C=O) groups excluding carboxylic acids is 1. The first-order valence-electron chi connectivity index (χ1n) is 8.69. The third-order valence-corrected chi connectivity index (χ3v) is 4.06. The molecule has 3 aromatic rings. The predicted octanol–water partition coefficient (Wildman–Crippen LogP) is 4.60. The molecule has 0 saturated carbocycles. The summed E-state index contributed by atoms with van der Waals surface area (Å²) in [7, 11) is 1.58. The molecule has 1 heterocycles. The molecule has 0 aliphatic carbocycles. The van der Waals surface area contributed by atoms with E-state index in [2.05, 4.69) is 46.6 Å². The minimum absolute atomic E-state index is 0.235. The van der Waals surface area contributed by atoms with E-state index < -0.39 is 0 Å². The highest BCUT2D eigenvalue weighted by atomic mass is 16.5. The molecule has 1 aromatic heterocycles. The Bertz CT molecular complexity index is 906. The van der Waals surface area contributed by atoms with Gasteiger partial charge in [0.25, 0.3) is 5.91 Å². The lowest BCUT2D eigenvalue weighted by Gasteiger charge is -2.09. The zero-order chi connectivity index (χ0) is 19.2. The number of methoxy groups -OCH3 is 1. The second-order valence-electron chi connectivity index (χ2n) is 6.37. The first kappa shape index (κ1) is 18.4. The fourth-order valence-corrected chi connectivity index (χ4v) is 2.51. The summed E-state index contributed by atoms with van der Waals surface area (Å²) in [6.07, 6.45) is 2.98. The van der Waals surface area contributed by atoms with Crippen LogP contribution in [0, 0.1) is 0 Å². The Morgan fingerprint density at radius 1 is 1.00 bits per heavy atom. The highest BCUT2D eigenvalue weighted by molar-refractivity contribution is 6.02. The molecule has 0 saturated heterocycles. The van der Waals surface area contributed by atoms with Gasteiger partial charge in [-0.1, -0.05) is 32.0 Å². The molecule has 0 radical (unpaired) electrons. The normalized spacial score (nSPS) is 10.5. The second kappa shape index (κ2) is 8.31. The van der Waals surface area contributed by atoms with Gasteiger partial charge in [0.05, 0.1) is 19.5 Å². The van der Waals surface area contributed by atoms with Crippen LogP contribution in [0.25, 0.3) is 0 Å². The van der Waals surface area contributed by atoms with Gasteiger partial charge in [0, 0.05) is 17.4 Å². The molecule has 0 atom stereocenters. The van der Waals surface area contributed by atoms with Crippen molar-refractivity contribution in [3.63, 3.8) is 0 Å². The third-order valence-electron chi connectivity index (χ3n) is 4.06. The van der Waals surface area contributed by atoms with E-state index >= 15 is 0 Å². The van der Waals surface area contributed by atoms with Crippen LogP contribution in [-0.2, 0) is 0 Å². The van der Waals surface area contributed by atoms with E-state index in [1.807, 2.05) is 18.2 Å². The molecule has 0 unspecified atom stereocenters. The maximum Gasteiger partial charge on any atom is 0.275 e. The topological polar surface area (TPSA) is 76.1 Å². The van der Waals surface area contributed by atoms with Crippen LogP contribution < -0.4 is 15.4 Å². The lowest BCUT2D eigenvalue weighted by Crippen LogP contribution is -2.14. The Balaban J connectivity index is 1.64. The zero-order valence-electron chi connectivity index (χ0n) is 15.6. The van der Waals surface area contributed by atoms with Gasteiger partial charge in [0.2, 0.25) is 0 Å². The molecule has 27 heavy (non-hydrogen) atoms. The van der Waals surface area contributed by atoms with E-state index in [1.54, 1.807) is 25.3 Å². The average Bonchev–Trinajstić information content (AvgIpc) is 2.69. The van der Waals surface area contributed by atoms with Crippen molar-refractivity contribution in [2.75, 3.05) is 17.7 Å². The number of rotatable bonds is 6. The first-order chi connectivity index (χ1) is 13.0. The van der Waals surface area contributed by atoms with Crippen molar-refractivity contribution >= 4 is 23.1 Å². The summed E-state index contributed by atoms with van der Waals surface area (Å²) in [4.78, 5) is 20.8. The Hall–Kier alpha value is -3.41. The number of carbonyl (C=O) groups is 1. The van der Waals surface area contributed by atoms with Crippen molar-refractivity contribution < 1.29 is 9.53 Å². The van der Waals surface area contributed by atoms with Gasteiger partial charge in [0.1, 0.15) is 17.3 Å². The summed E-state index contributed by atoms with van der Waals surface area (Å²) >= 11 is 0. The Labute approximate surface area is 158 Å². The van der Waals surface area contributed by atoms with Crippen molar-refractivity contribution in [2.45, 2.75) is 19.8 Å². The molecule has 0 fully saturated rings. The number of benzene rings is 2. The number of aromatic nitrogens is 2. The van der Waals surface area contributed by atoms with Crippen LogP contribution in [-0.4, -0.2) is 23.0 Å². The second-order valence-corrected chi connectivity index (χ2v) is 6.37. The van der Waals surface area contributed by atoms with Gasteiger partial charge in [-0.05, 0) is 35.7 Å². The van der Waals surface area contributed by atoms with E-state index in [1.165, 1.54) is 18.0 Å². The van der Waals surface area contributed by atoms with Gasteiger partial charge in [0.15, 0.2) is 0 Å². The molecule has 1 amide bonds. The number of amides is 1. The Morgan fingerprint density at radius 2 is 1.78 bits per heavy atom. The van der Waals surface area contributed by atoms with Crippen molar-refractivity contribution in [2.24, 2.45) is 0 Å². The van der Waals surface area contributed by atoms with Crippen LogP contribution in [0.2, 0.25) is 0 Å². The number of hydrogen-bond acceptors (Lipinski definition) is 5. The summed E-state index contributed by atoms with van der Waals surface area (Å²) in [5, 5.41) is 5.96.